The fourth-order valence-electron chi connectivity index (χ4n) is 4.68. The summed E-state index contributed by atoms with van der Waals surface area (Å²) in [6.45, 7) is 6.07. The van der Waals surface area contributed by atoms with Crippen LogP contribution >= 0.6 is 11.3 Å². The third-order valence-corrected chi connectivity index (χ3v) is 7.92. The number of rotatable bonds is 6. The Morgan fingerprint density at radius 1 is 0.909 bits per heavy atom. The molecule has 0 saturated carbocycles. The summed E-state index contributed by atoms with van der Waals surface area (Å²) in [7, 11) is 1.61. The molecule has 2 aliphatic rings. The quantitative estimate of drug-likeness (QED) is 0.599. The molecule has 4 rings (SSSR count). The number of amides is 2. The number of hydrogen-bond donors (Lipinski definition) is 0. The van der Waals surface area contributed by atoms with E-state index in [1.165, 1.54) is 18.3 Å². The normalized spacial score (nSPS) is 18.3. The SMILES string of the molecule is COc1ccc(OC(C)C(=O)N2CCC3(CCN(C(=O)c4ccc(C(C)=O)s4)CC3)C2)cc1. The molecule has 1 unspecified atom stereocenters. The highest BCUT2D eigenvalue weighted by Crippen LogP contribution is 2.41. The standard InChI is InChI=1S/C25H30N2O5S/c1-17(28)21-8-9-22(33-21)24(30)26-13-10-25(11-14-26)12-15-27(16-25)23(29)18(2)32-20-6-4-19(31-3)5-7-20/h4-9,18H,10-16H2,1-3H3. The van der Waals surface area contributed by atoms with Crippen molar-refractivity contribution < 1.29 is 23.9 Å². The van der Waals surface area contributed by atoms with Crippen LogP contribution in [0.4, 0.5) is 0 Å². The van der Waals surface area contributed by atoms with Crippen molar-refractivity contribution in [3.05, 3.63) is 46.2 Å². The first-order valence-electron chi connectivity index (χ1n) is 11.3. The highest BCUT2D eigenvalue weighted by Gasteiger charge is 2.43. The van der Waals surface area contributed by atoms with Gasteiger partial charge in [0.15, 0.2) is 11.9 Å². The molecular formula is C25H30N2O5S. The number of likely N-dealkylation sites (tertiary alicyclic amines) is 2. The van der Waals surface area contributed by atoms with Crippen molar-refractivity contribution in [2.45, 2.75) is 39.2 Å². The van der Waals surface area contributed by atoms with E-state index in [0.717, 1.165) is 31.6 Å². The van der Waals surface area contributed by atoms with Gasteiger partial charge in [0, 0.05) is 26.2 Å². The number of ether oxygens (including phenoxy) is 2. The molecule has 0 N–H and O–H groups in total. The minimum atomic E-state index is -0.565. The van der Waals surface area contributed by atoms with Gasteiger partial charge in [-0.05, 0) is 74.9 Å². The van der Waals surface area contributed by atoms with E-state index in [1.54, 1.807) is 38.3 Å². The lowest BCUT2D eigenvalue weighted by molar-refractivity contribution is -0.137. The first kappa shape index (κ1) is 23.3. The van der Waals surface area contributed by atoms with E-state index in [1.807, 2.05) is 21.9 Å². The van der Waals surface area contributed by atoms with Gasteiger partial charge in [0.2, 0.25) is 0 Å². The maximum Gasteiger partial charge on any atom is 0.263 e. The lowest BCUT2D eigenvalue weighted by atomic mass is 9.77. The summed E-state index contributed by atoms with van der Waals surface area (Å²) in [6.07, 6.45) is 2.14. The number of ketones is 1. The predicted molar refractivity (Wildman–Crippen MR) is 126 cm³/mol. The van der Waals surface area contributed by atoms with Crippen molar-refractivity contribution in [1.82, 2.24) is 9.80 Å². The molecule has 1 spiro atoms. The van der Waals surface area contributed by atoms with E-state index in [9.17, 15) is 14.4 Å². The largest absolute Gasteiger partial charge is 0.497 e. The third-order valence-electron chi connectivity index (χ3n) is 6.75. The summed E-state index contributed by atoms with van der Waals surface area (Å²) in [5.41, 5.74) is 0.0618. The van der Waals surface area contributed by atoms with Gasteiger partial charge in [-0.25, -0.2) is 0 Å². The molecule has 1 aromatic heterocycles. The first-order valence-corrected chi connectivity index (χ1v) is 12.1. The van der Waals surface area contributed by atoms with Gasteiger partial charge in [0.25, 0.3) is 11.8 Å². The van der Waals surface area contributed by atoms with Crippen LogP contribution in [-0.4, -0.2) is 66.8 Å². The number of thiophene rings is 1. The Morgan fingerprint density at radius 2 is 1.48 bits per heavy atom. The molecule has 0 radical (unpaired) electrons. The van der Waals surface area contributed by atoms with Crippen LogP contribution in [0.15, 0.2) is 36.4 Å². The molecule has 33 heavy (non-hydrogen) atoms. The van der Waals surface area contributed by atoms with Crippen molar-refractivity contribution in [3.63, 3.8) is 0 Å². The molecule has 8 heteroatoms. The Hall–Kier alpha value is -2.87. The van der Waals surface area contributed by atoms with E-state index < -0.39 is 6.10 Å². The molecule has 3 heterocycles. The van der Waals surface area contributed by atoms with Crippen molar-refractivity contribution >= 4 is 28.9 Å². The van der Waals surface area contributed by atoms with E-state index >= 15 is 0 Å². The Labute approximate surface area is 198 Å². The van der Waals surface area contributed by atoms with Gasteiger partial charge in [0.05, 0.1) is 16.9 Å². The van der Waals surface area contributed by atoms with Gasteiger partial charge in [-0.3, -0.25) is 14.4 Å². The van der Waals surface area contributed by atoms with Crippen LogP contribution in [0.2, 0.25) is 0 Å². The molecule has 2 saturated heterocycles. The second-order valence-corrected chi connectivity index (χ2v) is 10.0. The van der Waals surface area contributed by atoms with E-state index in [-0.39, 0.29) is 23.0 Å². The number of carbonyl (C=O) groups excluding carboxylic acids is 3. The summed E-state index contributed by atoms with van der Waals surface area (Å²) >= 11 is 1.26. The van der Waals surface area contributed by atoms with Crippen molar-refractivity contribution in [2.24, 2.45) is 5.41 Å². The highest BCUT2D eigenvalue weighted by molar-refractivity contribution is 7.15. The number of benzene rings is 1. The average molecular weight is 471 g/mol. The number of hydrogen-bond acceptors (Lipinski definition) is 6. The smallest absolute Gasteiger partial charge is 0.263 e. The van der Waals surface area contributed by atoms with Crippen molar-refractivity contribution in [1.29, 1.82) is 0 Å². The fraction of sp³-hybridized carbons (Fsp3) is 0.480. The zero-order valence-corrected chi connectivity index (χ0v) is 20.2. The molecule has 176 valence electrons. The van der Waals surface area contributed by atoms with Crippen molar-refractivity contribution in [3.8, 4) is 11.5 Å². The number of nitrogens with zero attached hydrogens (tertiary/aromatic N) is 2. The van der Waals surface area contributed by atoms with Crippen LogP contribution in [0.25, 0.3) is 0 Å². The monoisotopic (exact) mass is 470 g/mol. The topological polar surface area (TPSA) is 76.2 Å². The van der Waals surface area contributed by atoms with Gasteiger partial charge in [0.1, 0.15) is 11.5 Å². The maximum absolute atomic E-state index is 13.0. The second kappa shape index (κ2) is 9.55. The van der Waals surface area contributed by atoms with Crippen LogP contribution in [0, 0.1) is 5.41 Å². The summed E-state index contributed by atoms with van der Waals surface area (Å²) < 4.78 is 11.0. The summed E-state index contributed by atoms with van der Waals surface area (Å²) in [4.78, 5) is 42.4. The van der Waals surface area contributed by atoms with Crippen LogP contribution in [0.3, 0.4) is 0 Å². The molecule has 2 fully saturated rings. The molecule has 1 aromatic carbocycles. The molecule has 2 aromatic rings. The van der Waals surface area contributed by atoms with E-state index in [0.29, 0.717) is 35.1 Å². The van der Waals surface area contributed by atoms with Gasteiger partial charge in [-0.15, -0.1) is 11.3 Å². The lowest BCUT2D eigenvalue weighted by Crippen LogP contribution is -2.45. The van der Waals surface area contributed by atoms with Crippen LogP contribution in [0.5, 0.6) is 11.5 Å². The predicted octanol–water partition coefficient (Wildman–Crippen LogP) is 3.88. The molecular weight excluding hydrogens is 440 g/mol. The Bertz CT molecular complexity index is 1020. The molecule has 1 atom stereocenters. The van der Waals surface area contributed by atoms with E-state index in [2.05, 4.69) is 0 Å². The Kier molecular flexibility index (Phi) is 6.74. The highest BCUT2D eigenvalue weighted by atomic mass is 32.1. The van der Waals surface area contributed by atoms with Crippen LogP contribution in [-0.2, 0) is 4.79 Å². The minimum absolute atomic E-state index is 0.00320. The molecule has 0 aliphatic carbocycles. The minimum Gasteiger partial charge on any atom is -0.497 e. The van der Waals surface area contributed by atoms with Crippen molar-refractivity contribution in [2.75, 3.05) is 33.3 Å². The maximum atomic E-state index is 13.0. The van der Waals surface area contributed by atoms with Gasteiger partial charge < -0.3 is 19.3 Å². The summed E-state index contributed by atoms with van der Waals surface area (Å²) in [6, 6.07) is 10.7. The van der Waals surface area contributed by atoms with E-state index in [4.69, 9.17) is 9.47 Å². The summed E-state index contributed by atoms with van der Waals surface area (Å²) in [5, 5.41) is 0. The first-order chi connectivity index (χ1) is 15.8. The average Bonchev–Trinajstić information content (AvgIpc) is 3.47. The van der Waals surface area contributed by atoms with Gasteiger partial charge in [-0.1, -0.05) is 0 Å². The van der Waals surface area contributed by atoms with Gasteiger partial charge in [-0.2, -0.15) is 0 Å². The van der Waals surface area contributed by atoms with Crippen LogP contribution in [0.1, 0.15) is 52.5 Å². The Balaban J connectivity index is 1.30. The molecule has 2 aliphatic heterocycles. The summed E-state index contributed by atoms with van der Waals surface area (Å²) in [5.74, 6) is 1.36. The van der Waals surface area contributed by atoms with Gasteiger partial charge >= 0.3 is 0 Å². The lowest BCUT2D eigenvalue weighted by Gasteiger charge is -2.39. The number of piperidine rings is 1. The number of methoxy groups -OCH3 is 1. The number of carbonyl (C=O) groups is 3. The number of Topliss-reactive ketones (excluding diaryl/α,β-unsaturated/α-hetero) is 1. The Morgan fingerprint density at radius 3 is 2.06 bits per heavy atom. The third kappa shape index (κ3) is 5.05. The molecule has 0 bridgehead atoms. The molecule has 7 nitrogen and oxygen atoms in total. The second-order valence-electron chi connectivity index (χ2n) is 8.96. The molecule has 2 amide bonds. The van der Waals surface area contributed by atoms with Crippen LogP contribution < -0.4 is 9.47 Å². The fourth-order valence-corrected chi connectivity index (χ4v) is 5.55. The zero-order valence-electron chi connectivity index (χ0n) is 19.3. The zero-order chi connectivity index (χ0) is 23.6.